The van der Waals surface area contributed by atoms with Gasteiger partial charge in [0.15, 0.2) is 0 Å². The van der Waals surface area contributed by atoms with Crippen LogP contribution in [0.15, 0.2) is 60.8 Å². The van der Waals surface area contributed by atoms with Gasteiger partial charge in [0, 0.05) is 39.5 Å². The molecular weight excluding hydrogens is 412 g/mol. The van der Waals surface area contributed by atoms with Crippen LogP contribution in [-0.2, 0) is 4.74 Å². The normalized spacial score (nSPS) is 14.1. The number of carbonyl (C=O) groups is 1. The molecule has 4 rings (SSSR count). The van der Waals surface area contributed by atoms with Crippen molar-refractivity contribution in [2.75, 3.05) is 25.6 Å². The summed E-state index contributed by atoms with van der Waals surface area (Å²) in [5, 5.41) is 6.45. The number of ether oxygens (including phenoxy) is 1. The Labute approximate surface area is 197 Å². The summed E-state index contributed by atoms with van der Waals surface area (Å²) in [4.78, 5) is 22.2. The minimum Gasteiger partial charge on any atom is -0.385 e. The molecule has 6 nitrogen and oxygen atoms in total. The smallest absolute Gasteiger partial charge is 0.255 e. The van der Waals surface area contributed by atoms with Crippen LogP contribution in [0.4, 0.5) is 5.95 Å². The lowest BCUT2D eigenvalue weighted by Gasteiger charge is -2.23. The maximum Gasteiger partial charge on any atom is 0.255 e. The summed E-state index contributed by atoms with van der Waals surface area (Å²) in [5.41, 5.74) is 4.30. The lowest BCUT2D eigenvalue weighted by molar-refractivity contribution is 0.0948. The Bertz CT molecular complexity index is 1040. The average Bonchev–Trinajstić information content (AvgIpc) is 2.88. The van der Waals surface area contributed by atoms with E-state index in [0.717, 1.165) is 36.0 Å². The van der Waals surface area contributed by atoms with Crippen LogP contribution in [0.25, 0.3) is 22.4 Å². The van der Waals surface area contributed by atoms with Gasteiger partial charge in [-0.1, -0.05) is 73.9 Å². The summed E-state index contributed by atoms with van der Waals surface area (Å²) in [6.45, 7) is 1.15. The highest BCUT2D eigenvalue weighted by molar-refractivity contribution is 5.99. The van der Waals surface area contributed by atoms with Crippen molar-refractivity contribution in [2.45, 2.75) is 44.6 Å². The van der Waals surface area contributed by atoms with Crippen LogP contribution in [-0.4, -0.2) is 42.2 Å². The number of hydrogen-bond acceptors (Lipinski definition) is 5. The maximum absolute atomic E-state index is 12.9. The largest absolute Gasteiger partial charge is 0.385 e. The van der Waals surface area contributed by atoms with E-state index in [1.165, 1.54) is 19.3 Å². The summed E-state index contributed by atoms with van der Waals surface area (Å²) < 4.78 is 5.07. The molecule has 6 heteroatoms. The number of nitrogens with one attached hydrogen (secondary N) is 2. The van der Waals surface area contributed by atoms with Gasteiger partial charge in [0.1, 0.15) is 0 Å². The fourth-order valence-corrected chi connectivity index (χ4v) is 4.23. The van der Waals surface area contributed by atoms with E-state index < -0.39 is 0 Å². The van der Waals surface area contributed by atoms with Crippen molar-refractivity contribution in [2.24, 2.45) is 0 Å². The number of aromatic nitrogens is 2. The molecule has 0 radical (unpaired) electrons. The second-order valence-corrected chi connectivity index (χ2v) is 8.48. The van der Waals surface area contributed by atoms with Gasteiger partial charge >= 0.3 is 0 Å². The van der Waals surface area contributed by atoms with Gasteiger partial charge in [-0.2, -0.15) is 0 Å². The van der Waals surface area contributed by atoms with E-state index in [1.807, 2.05) is 30.3 Å². The summed E-state index contributed by atoms with van der Waals surface area (Å²) in [6, 6.07) is 18.8. The van der Waals surface area contributed by atoms with Crippen LogP contribution in [0.1, 0.15) is 50.3 Å². The lowest BCUT2D eigenvalue weighted by Crippen LogP contribution is -2.27. The molecule has 2 N–H and O–H groups in total. The molecule has 1 amide bonds. The number of hydrogen-bond donors (Lipinski definition) is 2. The van der Waals surface area contributed by atoms with E-state index in [0.29, 0.717) is 36.4 Å². The van der Waals surface area contributed by atoms with E-state index >= 15 is 0 Å². The summed E-state index contributed by atoms with van der Waals surface area (Å²) >= 11 is 0. The highest BCUT2D eigenvalue weighted by atomic mass is 16.5. The van der Waals surface area contributed by atoms with Crippen molar-refractivity contribution >= 4 is 11.9 Å². The Morgan fingerprint density at radius 2 is 1.70 bits per heavy atom. The average molecular weight is 447 g/mol. The second kappa shape index (κ2) is 11.6. The van der Waals surface area contributed by atoms with E-state index in [9.17, 15) is 4.79 Å². The Hall–Kier alpha value is -3.25. The molecule has 1 heterocycles. The molecule has 0 saturated heterocycles. The second-order valence-electron chi connectivity index (χ2n) is 8.48. The first-order chi connectivity index (χ1) is 16.2. The third-order valence-corrected chi connectivity index (χ3v) is 6.05. The Balaban J connectivity index is 0.00000324. The first-order valence-corrected chi connectivity index (χ1v) is 11.8. The number of benzene rings is 2. The van der Waals surface area contributed by atoms with Crippen molar-refractivity contribution in [1.29, 1.82) is 0 Å². The molecule has 3 aromatic rings. The highest BCUT2D eigenvalue weighted by Gasteiger charge is 2.19. The molecular formula is C27H34N4O2. The molecule has 0 atom stereocenters. The first kappa shape index (κ1) is 22.9. The van der Waals surface area contributed by atoms with Crippen LogP contribution < -0.4 is 10.6 Å². The van der Waals surface area contributed by atoms with Gasteiger partial charge in [0.05, 0.1) is 11.3 Å². The summed E-state index contributed by atoms with van der Waals surface area (Å²) in [7, 11) is 1.66. The SMILES string of the molecule is COCCCNC(=O)c1cnc(NC2CCCCC2)nc1-c1ccc(-c2ccccc2)cc1.[HH]. The number of rotatable bonds is 9. The predicted octanol–water partition coefficient (Wildman–Crippen LogP) is 5.57. The Morgan fingerprint density at radius 3 is 2.42 bits per heavy atom. The molecule has 2 aromatic carbocycles. The van der Waals surface area contributed by atoms with E-state index in [2.05, 4.69) is 39.9 Å². The molecule has 1 fully saturated rings. The molecule has 1 aliphatic rings. The molecule has 0 spiro atoms. The molecule has 1 aliphatic carbocycles. The predicted molar refractivity (Wildman–Crippen MR) is 134 cm³/mol. The number of carbonyl (C=O) groups excluding carboxylic acids is 1. The van der Waals surface area contributed by atoms with Crippen molar-refractivity contribution in [1.82, 2.24) is 15.3 Å². The lowest BCUT2D eigenvalue weighted by atomic mass is 9.96. The maximum atomic E-state index is 12.9. The van der Waals surface area contributed by atoms with Crippen LogP contribution in [0, 0.1) is 0 Å². The van der Waals surface area contributed by atoms with Gasteiger partial charge in [-0.25, -0.2) is 9.97 Å². The monoisotopic (exact) mass is 446 g/mol. The molecule has 1 aromatic heterocycles. The van der Waals surface area contributed by atoms with Crippen LogP contribution in [0.3, 0.4) is 0 Å². The van der Waals surface area contributed by atoms with Gasteiger partial charge in [-0.15, -0.1) is 0 Å². The third kappa shape index (κ3) is 6.17. The number of anilines is 1. The molecule has 0 unspecified atom stereocenters. The standard InChI is InChI=1S/C27H32N4O2.H2/c1-33-18-8-17-28-26(32)24-19-29-27(30-23-11-6-3-7-12-23)31-25(24)22-15-13-21(14-16-22)20-9-4-2-5-10-20;/h2,4-5,9-10,13-16,19,23H,3,6-8,11-12,17-18H2,1H3,(H,28,32)(H,29,30,31);1H. The van der Waals surface area contributed by atoms with Crippen molar-refractivity contribution < 1.29 is 11.0 Å². The number of nitrogens with zero attached hydrogens (tertiary/aromatic N) is 2. The fraction of sp³-hybridized carbons (Fsp3) is 0.370. The third-order valence-electron chi connectivity index (χ3n) is 6.05. The summed E-state index contributed by atoms with van der Waals surface area (Å²) in [5.74, 6) is 0.414. The van der Waals surface area contributed by atoms with Crippen LogP contribution in [0.2, 0.25) is 0 Å². The van der Waals surface area contributed by atoms with Gasteiger partial charge in [-0.05, 0) is 30.4 Å². The number of amides is 1. The topological polar surface area (TPSA) is 76.1 Å². The molecule has 0 aliphatic heterocycles. The van der Waals surface area contributed by atoms with Gasteiger partial charge < -0.3 is 15.4 Å². The van der Waals surface area contributed by atoms with E-state index in [4.69, 9.17) is 9.72 Å². The molecule has 0 bridgehead atoms. The van der Waals surface area contributed by atoms with E-state index in [-0.39, 0.29) is 7.33 Å². The Morgan fingerprint density at radius 1 is 1.00 bits per heavy atom. The first-order valence-electron chi connectivity index (χ1n) is 11.8. The fourth-order valence-electron chi connectivity index (χ4n) is 4.23. The zero-order valence-corrected chi connectivity index (χ0v) is 19.2. The molecule has 1 saturated carbocycles. The Kier molecular flexibility index (Phi) is 8.04. The molecule has 174 valence electrons. The summed E-state index contributed by atoms with van der Waals surface area (Å²) in [6.07, 6.45) is 8.41. The van der Waals surface area contributed by atoms with Crippen molar-refractivity contribution in [3.8, 4) is 22.4 Å². The van der Waals surface area contributed by atoms with Crippen molar-refractivity contribution in [3.63, 3.8) is 0 Å². The number of methoxy groups -OCH3 is 1. The van der Waals surface area contributed by atoms with Gasteiger partial charge in [0.25, 0.3) is 5.91 Å². The quantitative estimate of drug-likeness (QED) is 0.420. The van der Waals surface area contributed by atoms with Crippen molar-refractivity contribution in [3.05, 3.63) is 66.4 Å². The zero-order valence-electron chi connectivity index (χ0n) is 19.2. The van der Waals surface area contributed by atoms with E-state index in [1.54, 1.807) is 13.3 Å². The van der Waals surface area contributed by atoms with Crippen LogP contribution >= 0.6 is 0 Å². The van der Waals surface area contributed by atoms with Gasteiger partial charge in [0.2, 0.25) is 5.95 Å². The minimum absolute atomic E-state index is 0. The van der Waals surface area contributed by atoms with Gasteiger partial charge in [-0.3, -0.25) is 4.79 Å². The highest BCUT2D eigenvalue weighted by Crippen LogP contribution is 2.27. The molecule has 33 heavy (non-hydrogen) atoms. The minimum atomic E-state index is -0.169. The zero-order chi connectivity index (χ0) is 22.9. The van der Waals surface area contributed by atoms with Crippen LogP contribution in [0.5, 0.6) is 0 Å².